The van der Waals surface area contributed by atoms with Gasteiger partial charge in [0.1, 0.15) is 6.29 Å². The summed E-state index contributed by atoms with van der Waals surface area (Å²) in [6.45, 7) is 0.115. The number of carbonyl (C=O) groups is 1. The average Bonchev–Trinajstić information content (AvgIpc) is 1.88. The van der Waals surface area contributed by atoms with Crippen molar-refractivity contribution >= 4 is 17.6 Å². The minimum Gasteiger partial charge on any atom is -0.396 e. The first kappa shape index (κ1) is 13.1. The number of allylic oxidation sites excluding steroid dienone is 1. The zero-order valence-electron chi connectivity index (χ0n) is 5.71. The first-order valence-corrected chi connectivity index (χ1v) is 3.72. The Balaban J connectivity index is 0. The van der Waals surface area contributed by atoms with E-state index in [1.807, 2.05) is 0 Å². The molecule has 5 nitrogen and oxygen atoms in total. The summed E-state index contributed by atoms with van der Waals surface area (Å²) < 4.78 is 22.8. The van der Waals surface area contributed by atoms with Gasteiger partial charge in [0.05, 0.1) is 0 Å². The molecule has 0 aliphatic heterocycles. The molecule has 0 bridgehead atoms. The summed E-state index contributed by atoms with van der Waals surface area (Å²) in [6, 6.07) is 0. The number of hydrogen-bond acceptors (Lipinski definition) is 3. The summed E-state index contributed by atoms with van der Waals surface area (Å²) in [6.07, 6.45) is 4.25. The maximum Gasteiger partial charge on any atom is 0.299 e. The fourth-order valence-corrected chi connectivity index (χ4v) is 0.226. The molecule has 0 spiro atoms. The van der Waals surface area contributed by atoms with Gasteiger partial charge in [0.15, 0.2) is 0 Å². The Bertz CT molecular complexity index is 129. The normalized spacial score (nSPS) is 9.45. The summed E-state index contributed by atoms with van der Waals surface area (Å²) in [4.78, 5) is 9.51. The molecule has 0 saturated heterocycles. The van der Waals surface area contributed by atoms with Gasteiger partial charge in [-0.3, -0.25) is 13.9 Å². The van der Waals surface area contributed by atoms with Gasteiger partial charge in [-0.05, 0) is 12.5 Å². The van der Waals surface area contributed by atoms with Crippen molar-refractivity contribution in [1.29, 1.82) is 0 Å². The van der Waals surface area contributed by atoms with Crippen molar-refractivity contribution in [3.8, 4) is 0 Å². The Kier molecular flexibility index (Phi) is 14.4. The molecule has 3 N–H and O–H groups in total. The van der Waals surface area contributed by atoms with Gasteiger partial charge in [0.2, 0.25) is 0 Å². The van der Waals surface area contributed by atoms with E-state index in [-0.39, 0.29) is 6.61 Å². The number of aliphatic hydroxyl groups is 1. The highest BCUT2D eigenvalue weighted by Crippen LogP contribution is 1.75. The maximum absolute atomic E-state index is 9.51. The number of carbonyl (C=O) groups excluding carboxylic acids is 1. The van der Waals surface area contributed by atoms with Crippen molar-refractivity contribution in [2.75, 3.05) is 6.61 Å². The van der Waals surface area contributed by atoms with E-state index < -0.39 is 11.4 Å². The maximum atomic E-state index is 9.51. The van der Waals surface area contributed by atoms with Gasteiger partial charge in [0, 0.05) is 6.61 Å². The van der Waals surface area contributed by atoms with Gasteiger partial charge < -0.3 is 5.11 Å². The molecule has 0 aliphatic rings. The standard InChI is InChI=1S/C5H8O2.H2O3S/c6-4-2-1-3-5-7;1-4(2)3/h1-2,4,7H,3,5H2;(H2,1,2,3). The molecule has 0 atom stereocenters. The van der Waals surface area contributed by atoms with Crippen LogP contribution in [-0.4, -0.2) is 31.3 Å². The van der Waals surface area contributed by atoms with Crippen LogP contribution in [-0.2, 0) is 16.2 Å². The highest BCUT2D eigenvalue weighted by molar-refractivity contribution is 7.73. The van der Waals surface area contributed by atoms with E-state index in [0.29, 0.717) is 12.7 Å². The lowest BCUT2D eigenvalue weighted by molar-refractivity contribution is -0.104. The summed E-state index contributed by atoms with van der Waals surface area (Å²) in [5.41, 5.74) is 0. The van der Waals surface area contributed by atoms with Crippen LogP contribution in [0.3, 0.4) is 0 Å². The van der Waals surface area contributed by atoms with Crippen LogP contribution in [0, 0.1) is 0 Å². The van der Waals surface area contributed by atoms with Crippen molar-refractivity contribution in [2.24, 2.45) is 0 Å². The molecule has 0 unspecified atom stereocenters. The minimum atomic E-state index is -2.61. The van der Waals surface area contributed by atoms with Gasteiger partial charge in [0.25, 0.3) is 11.4 Å². The quantitative estimate of drug-likeness (QED) is 0.319. The van der Waals surface area contributed by atoms with E-state index in [2.05, 4.69) is 0 Å². The van der Waals surface area contributed by atoms with E-state index in [0.717, 1.165) is 0 Å². The van der Waals surface area contributed by atoms with E-state index in [9.17, 15) is 4.79 Å². The number of rotatable bonds is 3. The summed E-state index contributed by atoms with van der Waals surface area (Å²) >= 11 is -2.61. The fraction of sp³-hybridized carbons (Fsp3) is 0.400. The zero-order valence-corrected chi connectivity index (χ0v) is 6.53. The Morgan fingerprint density at radius 3 is 2.09 bits per heavy atom. The van der Waals surface area contributed by atoms with Crippen LogP contribution in [0.2, 0.25) is 0 Å². The molecule has 0 rings (SSSR count). The molecule has 66 valence electrons. The Hall–Kier alpha value is -0.560. The highest BCUT2D eigenvalue weighted by atomic mass is 32.2. The van der Waals surface area contributed by atoms with Crippen LogP contribution in [0.4, 0.5) is 0 Å². The largest absolute Gasteiger partial charge is 0.396 e. The topological polar surface area (TPSA) is 94.8 Å². The van der Waals surface area contributed by atoms with Crippen molar-refractivity contribution < 1.29 is 23.2 Å². The fourth-order valence-electron chi connectivity index (χ4n) is 0.226. The van der Waals surface area contributed by atoms with Crippen LogP contribution in [0.15, 0.2) is 12.2 Å². The lowest BCUT2D eigenvalue weighted by Crippen LogP contribution is -1.74. The predicted molar refractivity (Wildman–Crippen MR) is 40.3 cm³/mol. The molecule has 0 heterocycles. The van der Waals surface area contributed by atoms with E-state index in [4.69, 9.17) is 18.4 Å². The molecule has 0 amide bonds. The average molecular weight is 182 g/mol. The van der Waals surface area contributed by atoms with Gasteiger partial charge in [-0.15, -0.1) is 0 Å². The smallest absolute Gasteiger partial charge is 0.299 e. The molecule has 0 aromatic heterocycles. The molecule has 6 heteroatoms. The molecular formula is C5H10O5S. The molecule has 11 heavy (non-hydrogen) atoms. The van der Waals surface area contributed by atoms with Crippen molar-refractivity contribution in [2.45, 2.75) is 6.42 Å². The zero-order chi connectivity index (χ0) is 9.11. The third-order valence-electron chi connectivity index (χ3n) is 0.510. The SMILES string of the molecule is O=CC=CCCO.O=S(O)O. The second-order valence-corrected chi connectivity index (χ2v) is 1.77. The molecule has 0 saturated carbocycles. The molecule has 0 aliphatic carbocycles. The Labute approximate surface area is 66.9 Å². The second-order valence-electron chi connectivity index (χ2n) is 1.31. The minimum absolute atomic E-state index is 0.115. The van der Waals surface area contributed by atoms with E-state index >= 15 is 0 Å². The molecule has 0 fully saturated rings. The summed E-state index contributed by atoms with van der Waals surface area (Å²) in [5, 5.41) is 8.13. The van der Waals surface area contributed by atoms with Gasteiger partial charge in [-0.2, -0.15) is 4.21 Å². The number of aliphatic hydroxyl groups excluding tert-OH is 1. The van der Waals surface area contributed by atoms with Crippen LogP contribution < -0.4 is 0 Å². The summed E-state index contributed by atoms with van der Waals surface area (Å²) in [7, 11) is 0. The number of hydrogen-bond donors (Lipinski definition) is 3. The molecule has 0 radical (unpaired) electrons. The van der Waals surface area contributed by atoms with Crippen LogP contribution in [0.25, 0.3) is 0 Å². The highest BCUT2D eigenvalue weighted by Gasteiger charge is 1.68. The first-order valence-electron chi connectivity index (χ1n) is 2.66. The van der Waals surface area contributed by atoms with E-state index in [1.165, 1.54) is 6.08 Å². The monoisotopic (exact) mass is 182 g/mol. The molecule has 0 aromatic rings. The Morgan fingerprint density at radius 1 is 1.36 bits per heavy atom. The second kappa shape index (κ2) is 12.1. The lowest BCUT2D eigenvalue weighted by atomic mass is 10.4. The van der Waals surface area contributed by atoms with Crippen LogP contribution in [0.1, 0.15) is 6.42 Å². The predicted octanol–water partition coefficient (Wildman–Crippen LogP) is -0.195. The molecular weight excluding hydrogens is 172 g/mol. The summed E-state index contributed by atoms with van der Waals surface area (Å²) in [5.74, 6) is 0. The Morgan fingerprint density at radius 2 is 1.82 bits per heavy atom. The van der Waals surface area contributed by atoms with E-state index in [1.54, 1.807) is 6.08 Å². The number of aldehydes is 1. The van der Waals surface area contributed by atoms with Crippen molar-refractivity contribution in [3.63, 3.8) is 0 Å². The van der Waals surface area contributed by atoms with Crippen molar-refractivity contribution in [3.05, 3.63) is 12.2 Å². The third-order valence-corrected chi connectivity index (χ3v) is 0.510. The van der Waals surface area contributed by atoms with Crippen LogP contribution >= 0.6 is 0 Å². The van der Waals surface area contributed by atoms with Gasteiger partial charge >= 0.3 is 0 Å². The molecule has 0 aromatic carbocycles. The first-order chi connectivity index (χ1) is 5.15. The van der Waals surface area contributed by atoms with Crippen molar-refractivity contribution in [1.82, 2.24) is 0 Å². The van der Waals surface area contributed by atoms with Gasteiger partial charge in [-0.1, -0.05) is 6.08 Å². The van der Waals surface area contributed by atoms with Crippen LogP contribution in [0.5, 0.6) is 0 Å². The lowest BCUT2D eigenvalue weighted by Gasteiger charge is -1.76. The van der Waals surface area contributed by atoms with Gasteiger partial charge in [-0.25, -0.2) is 0 Å². The third kappa shape index (κ3) is 44.2.